The van der Waals surface area contributed by atoms with Gasteiger partial charge in [-0.15, -0.1) is 0 Å². The van der Waals surface area contributed by atoms with E-state index in [2.05, 4.69) is 11.3 Å². The topological polar surface area (TPSA) is 93.2 Å². The number of anilines is 1. The van der Waals surface area contributed by atoms with Crippen LogP contribution in [0.4, 0.5) is 5.69 Å². The number of ketones is 1. The van der Waals surface area contributed by atoms with Gasteiger partial charge >= 0.3 is 5.97 Å². The van der Waals surface area contributed by atoms with Crippen LogP contribution in [-0.4, -0.2) is 18.9 Å². The van der Waals surface area contributed by atoms with Gasteiger partial charge in [0.15, 0.2) is 5.78 Å². The molecule has 0 saturated carbocycles. The Bertz CT molecular complexity index is 458. The van der Waals surface area contributed by atoms with Crippen LogP contribution >= 0.6 is 11.6 Å². The average molecular weight is 269 g/mol. The molecule has 1 aromatic carbocycles. The maximum absolute atomic E-state index is 11.7. The molecule has 0 unspecified atom stereocenters. The van der Waals surface area contributed by atoms with Gasteiger partial charge in [0.05, 0.1) is 13.5 Å². The Balaban J connectivity index is 0.00000137. The van der Waals surface area contributed by atoms with Crippen molar-refractivity contribution in [1.82, 2.24) is 0 Å². The lowest BCUT2D eigenvalue weighted by molar-refractivity contribution is -0.140. The monoisotopic (exact) mass is 268 g/mol. The molecule has 18 heavy (non-hydrogen) atoms. The van der Waals surface area contributed by atoms with Crippen molar-refractivity contribution in [2.75, 3.05) is 12.8 Å². The van der Waals surface area contributed by atoms with E-state index in [0.29, 0.717) is 16.3 Å². The quantitative estimate of drug-likeness (QED) is 0.513. The first-order chi connectivity index (χ1) is 8.54. The molecule has 2 N–H and O–H groups in total. The van der Waals surface area contributed by atoms with Gasteiger partial charge in [0.1, 0.15) is 0 Å². The summed E-state index contributed by atoms with van der Waals surface area (Å²) < 4.78 is 4.44. The van der Waals surface area contributed by atoms with Crippen LogP contribution in [0, 0.1) is 11.8 Å². The number of carbonyl (C=O) groups excluding carboxylic acids is 2. The smallest absolute Gasteiger partial charge is 0.305 e. The van der Waals surface area contributed by atoms with Crippen LogP contribution in [0.3, 0.4) is 0 Å². The number of methoxy groups -OCH3 is 1. The Hall–Kier alpha value is -2.06. The highest BCUT2D eigenvalue weighted by atomic mass is 35.5. The standard InChI is InChI=1S/C11H12ClNO3.CHN/c1-16-11(15)5-4-10(14)8-3-2-7(12)6-9(8)13;1-2/h2-3,6H,4-5,13H2,1H3;1H. The van der Waals surface area contributed by atoms with E-state index in [1.807, 2.05) is 0 Å². The number of ether oxygens (including phenoxy) is 1. The number of hydrogen-bond donors (Lipinski definition) is 1. The highest BCUT2D eigenvalue weighted by Crippen LogP contribution is 2.19. The molecule has 0 aliphatic rings. The van der Waals surface area contributed by atoms with Crippen molar-refractivity contribution in [3.63, 3.8) is 0 Å². The minimum Gasteiger partial charge on any atom is -0.469 e. The maximum atomic E-state index is 11.7. The zero-order chi connectivity index (χ0) is 14.1. The summed E-state index contributed by atoms with van der Waals surface area (Å²) in [6.45, 7) is 3.50. The molecule has 0 aliphatic heterocycles. The molecule has 0 radical (unpaired) electrons. The van der Waals surface area contributed by atoms with Crippen molar-refractivity contribution in [3.05, 3.63) is 28.8 Å². The van der Waals surface area contributed by atoms with Crippen LogP contribution in [0.2, 0.25) is 5.02 Å². The van der Waals surface area contributed by atoms with Crippen LogP contribution in [0.15, 0.2) is 18.2 Å². The first kappa shape index (κ1) is 15.9. The molecule has 1 rings (SSSR count). The van der Waals surface area contributed by atoms with E-state index < -0.39 is 5.97 Å². The Morgan fingerprint density at radius 1 is 1.39 bits per heavy atom. The Kier molecular flexibility index (Phi) is 7.17. The third-order valence-electron chi connectivity index (χ3n) is 2.10. The molecule has 96 valence electrons. The van der Waals surface area contributed by atoms with Gasteiger partial charge < -0.3 is 10.5 Å². The summed E-state index contributed by atoms with van der Waals surface area (Å²) >= 11 is 5.71. The Morgan fingerprint density at radius 3 is 2.50 bits per heavy atom. The molecule has 0 heterocycles. The minimum atomic E-state index is -0.416. The van der Waals surface area contributed by atoms with Crippen LogP contribution < -0.4 is 5.73 Å². The lowest BCUT2D eigenvalue weighted by atomic mass is 10.0. The zero-order valence-corrected chi connectivity index (χ0v) is 10.6. The highest BCUT2D eigenvalue weighted by molar-refractivity contribution is 6.31. The van der Waals surface area contributed by atoms with Crippen molar-refractivity contribution in [1.29, 1.82) is 5.26 Å². The number of hydrogen-bond acceptors (Lipinski definition) is 5. The number of halogens is 1. The number of nitrogens with two attached hydrogens (primary N) is 1. The number of Topliss-reactive ketones (excluding diaryl/α,β-unsaturated/α-hetero) is 1. The molecular formula is C12H13ClN2O3. The van der Waals surface area contributed by atoms with Crippen molar-refractivity contribution >= 4 is 29.0 Å². The molecular weight excluding hydrogens is 256 g/mol. The van der Waals surface area contributed by atoms with Gasteiger partial charge in [0.25, 0.3) is 0 Å². The predicted molar refractivity (Wildman–Crippen MR) is 68.1 cm³/mol. The fourth-order valence-electron chi connectivity index (χ4n) is 1.24. The van der Waals surface area contributed by atoms with Crippen LogP contribution in [0.1, 0.15) is 23.2 Å². The maximum Gasteiger partial charge on any atom is 0.305 e. The van der Waals surface area contributed by atoms with E-state index in [1.165, 1.54) is 13.2 Å². The summed E-state index contributed by atoms with van der Waals surface area (Å²) in [7, 11) is 1.28. The summed E-state index contributed by atoms with van der Waals surface area (Å²) in [5, 5.41) is 6.97. The van der Waals surface area contributed by atoms with Crippen molar-refractivity contribution < 1.29 is 14.3 Å². The first-order valence-electron chi connectivity index (χ1n) is 4.95. The summed E-state index contributed by atoms with van der Waals surface area (Å²) in [6, 6.07) is 4.65. The van der Waals surface area contributed by atoms with Crippen LogP contribution in [0.25, 0.3) is 0 Å². The predicted octanol–water partition coefficient (Wildman–Crippen LogP) is 2.20. The SMILES string of the molecule is C#N.COC(=O)CCC(=O)c1ccc(Cl)cc1N. The third-order valence-corrected chi connectivity index (χ3v) is 2.33. The zero-order valence-electron chi connectivity index (χ0n) is 9.85. The van der Waals surface area contributed by atoms with Gasteiger partial charge in [-0.25, -0.2) is 5.26 Å². The molecule has 0 aromatic heterocycles. The second-order valence-electron chi connectivity index (χ2n) is 3.23. The number of benzene rings is 1. The molecule has 0 atom stereocenters. The van der Waals surface area contributed by atoms with Crippen LogP contribution in [0.5, 0.6) is 0 Å². The van der Waals surface area contributed by atoms with Crippen molar-refractivity contribution in [3.8, 4) is 6.57 Å². The van der Waals surface area contributed by atoms with Crippen LogP contribution in [-0.2, 0) is 9.53 Å². The minimum absolute atomic E-state index is 0.0530. The largest absolute Gasteiger partial charge is 0.469 e. The molecule has 5 nitrogen and oxygen atoms in total. The lowest BCUT2D eigenvalue weighted by Gasteiger charge is -2.04. The number of nitrogens with zero attached hydrogens (tertiary/aromatic N) is 1. The Morgan fingerprint density at radius 2 is 2.00 bits per heavy atom. The fraction of sp³-hybridized carbons (Fsp3) is 0.250. The average Bonchev–Trinajstić information content (AvgIpc) is 2.37. The van der Waals surface area contributed by atoms with Gasteiger partial charge in [-0.1, -0.05) is 11.6 Å². The highest BCUT2D eigenvalue weighted by Gasteiger charge is 2.12. The van der Waals surface area contributed by atoms with E-state index in [1.54, 1.807) is 12.1 Å². The van der Waals surface area contributed by atoms with E-state index in [4.69, 9.17) is 22.6 Å². The summed E-state index contributed by atoms with van der Waals surface area (Å²) in [6.07, 6.45) is 0.135. The normalized spacial score (nSPS) is 8.89. The Labute approximate surface area is 110 Å². The molecule has 0 bridgehead atoms. The first-order valence-corrected chi connectivity index (χ1v) is 5.33. The second-order valence-corrected chi connectivity index (χ2v) is 3.67. The van der Waals surface area contributed by atoms with Gasteiger partial charge in [0.2, 0.25) is 0 Å². The number of nitriles is 1. The van der Waals surface area contributed by atoms with E-state index in [0.717, 1.165) is 0 Å². The summed E-state index contributed by atoms with van der Waals surface area (Å²) in [5.41, 5.74) is 6.34. The molecule has 0 amide bonds. The third kappa shape index (κ3) is 4.85. The van der Waals surface area contributed by atoms with Gasteiger partial charge in [0, 0.05) is 29.3 Å². The van der Waals surface area contributed by atoms with Gasteiger partial charge in [-0.3, -0.25) is 9.59 Å². The molecule has 0 saturated heterocycles. The molecule has 0 fully saturated rings. The number of nitrogen functional groups attached to an aromatic ring is 1. The van der Waals surface area contributed by atoms with Crippen molar-refractivity contribution in [2.45, 2.75) is 12.8 Å². The van der Waals surface area contributed by atoms with E-state index in [9.17, 15) is 9.59 Å². The molecule has 6 heteroatoms. The van der Waals surface area contributed by atoms with E-state index >= 15 is 0 Å². The van der Waals surface area contributed by atoms with Gasteiger partial charge in [-0.2, -0.15) is 0 Å². The fourth-order valence-corrected chi connectivity index (χ4v) is 1.42. The molecule has 1 aromatic rings. The summed E-state index contributed by atoms with van der Waals surface area (Å²) in [4.78, 5) is 22.5. The van der Waals surface area contributed by atoms with Crippen molar-refractivity contribution in [2.24, 2.45) is 0 Å². The molecule has 0 spiro atoms. The van der Waals surface area contributed by atoms with E-state index in [-0.39, 0.29) is 18.6 Å². The van der Waals surface area contributed by atoms with Gasteiger partial charge in [-0.05, 0) is 18.2 Å². The molecule has 0 aliphatic carbocycles. The number of rotatable bonds is 4. The number of carbonyl (C=O) groups is 2. The number of esters is 1. The second kappa shape index (κ2) is 8.09. The lowest BCUT2D eigenvalue weighted by Crippen LogP contribution is -2.08. The summed E-state index contributed by atoms with van der Waals surface area (Å²) in [5.74, 6) is -0.611.